The van der Waals surface area contributed by atoms with E-state index >= 15 is 0 Å². The molecule has 0 bridgehead atoms. The third-order valence-corrected chi connectivity index (χ3v) is 4.57. The van der Waals surface area contributed by atoms with Crippen LogP contribution in [0.1, 0.15) is 10.4 Å². The van der Waals surface area contributed by atoms with Crippen molar-refractivity contribution < 1.29 is 13.2 Å². The van der Waals surface area contributed by atoms with Crippen molar-refractivity contribution in [2.24, 2.45) is 5.14 Å². The Morgan fingerprint density at radius 3 is 2.48 bits per heavy atom. The third kappa shape index (κ3) is 3.82. The zero-order valence-electron chi connectivity index (χ0n) is 10.5. The van der Waals surface area contributed by atoms with Gasteiger partial charge < -0.3 is 5.32 Å². The summed E-state index contributed by atoms with van der Waals surface area (Å²) in [6, 6.07) is 10.7. The van der Waals surface area contributed by atoms with E-state index in [4.69, 9.17) is 16.7 Å². The first kappa shape index (κ1) is 16.0. The van der Waals surface area contributed by atoms with E-state index < -0.39 is 15.9 Å². The molecule has 2 rings (SSSR count). The standard InChI is InChI=1S/C13H10BrClN2O3S/c14-10-4-2-1-3-9(10)13(18)17-12-7-8(21(16,19)20)5-6-11(12)15/h1-7H,(H,17,18)(H2,16,19,20). The molecule has 0 heterocycles. The second-order valence-electron chi connectivity index (χ2n) is 4.12. The van der Waals surface area contributed by atoms with E-state index in [1.807, 2.05) is 0 Å². The van der Waals surface area contributed by atoms with E-state index in [-0.39, 0.29) is 15.6 Å². The molecule has 0 saturated heterocycles. The van der Waals surface area contributed by atoms with Crippen molar-refractivity contribution in [3.05, 3.63) is 57.5 Å². The topological polar surface area (TPSA) is 89.3 Å². The van der Waals surface area contributed by atoms with Gasteiger partial charge in [-0.3, -0.25) is 4.79 Å². The Kier molecular flexibility index (Phi) is 4.67. The number of primary sulfonamides is 1. The van der Waals surface area contributed by atoms with E-state index in [0.29, 0.717) is 10.0 Å². The maximum atomic E-state index is 12.2. The molecule has 0 spiro atoms. The molecule has 5 nitrogen and oxygen atoms in total. The molecule has 0 aliphatic heterocycles. The third-order valence-electron chi connectivity index (χ3n) is 2.63. The van der Waals surface area contributed by atoms with Crippen LogP contribution in [0.2, 0.25) is 5.02 Å². The maximum absolute atomic E-state index is 12.2. The van der Waals surface area contributed by atoms with E-state index in [2.05, 4.69) is 21.2 Å². The molecule has 3 N–H and O–H groups in total. The number of anilines is 1. The highest BCUT2D eigenvalue weighted by atomic mass is 79.9. The molecule has 21 heavy (non-hydrogen) atoms. The van der Waals surface area contributed by atoms with Crippen LogP contribution in [-0.2, 0) is 10.0 Å². The van der Waals surface area contributed by atoms with Crippen molar-refractivity contribution in [3.8, 4) is 0 Å². The van der Waals surface area contributed by atoms with E-state index in [9.17, 15) is 13.2 Å². The minimum atomic E-state index is -3.87. The van der Waals surface area contributed by atoms with Gasteiger partial charge in [-0.2, -0.15) is 0 Å². The minimum Gasteiger partial charge on any atom is -0.321 e. The number of sulfonamides is 1. The summed E-state index contributed by atoms with van der Waals surface area (Å²) in [5.74, 6) is -0.420. The monoisotopic (exact) mass is 388 g/mol. The number of carbonyl (C=O) groups is 1. The van der Waals surface area contributed by atoms with Gasteiger partial charge in [-0.25, -0.2) is 13.6 Å². The molecule has 1 amide bonds. The largest absolute Gasteiger partial charge is 0.321 e. The number of nitrogens with two attached hydrogens (primary N) is 1. The molecule has 8 heteroatoms. The first-order valence-electron chi connectivity index (χ1n) is 5.67. The second-order valence-corrected chi connectivity index (χ2v) is 6.94. The van der Waals surface area contributed by atoms with Gasteiger partial charge in [0.2, 0.25) is 10.0 Å². The lowest BCUT2D eigenvalue weighted by Gasteiger charge is -2.09. The van der Waals surface area contributed by atoms with Gasteiger partial charge in [-0.15, -0.1) is 0 Å². The summed E-state index contributed by atoms with van der Waals surface area (Å²) in [7, 11) is -3.87. The zero-order chi connectivity index (χ0) is 15.6. The number of hydrogen-bond donors (Lipinski definition) is 2. The van der Waals surface area contributed by atoms with Gasteiger partial charge in [0.05, 0.1) is 21.2 Å². The molecular formula is C13H10BrClN2O3S. The number of amides is 1. The number of rotatable bonds is 3. The van der Waals surface area contributed by atoms with Crippen molar-refractivity contribution >= 4 is 49.1 Å². The molecular weight excluding hydrogens is 380 g/mol. The number of carbonyl (C=O) groups excluding carboxylic acids is 1. The molecule has 2 aromatic carbocycles. The smallest absolute Gasteiger partial charge is 0.256 e. The first-order chi connectivity index (χ1) is 9.79. The molecule has 0 aliphatic rings. The molecule has 0 aromatic heterocycles. The van der Waals surface area contributed by atoms with Gasteiger partial charge in [0.1, 0.15) is 0 Å². The SMILES string of the molecule is NS(=O)(=O)c1ccc(Cl)c(NC(=O)c2ccccc2Br)c1. The molecule has 0 unspecified atom stereocenters. The molecule has 0 radical (unpaired) electrons. The lowest BCUT2D eigenvalue weighted by atomic mass is 10.2. The van der Waals surface area contributed by atoms with Crippen LogP contribution in [0.4, 0.5) is 5.69 Å². The normalized spacial score (nSPS) is 11.2. The molecule has 2 aromatic rings. The van der Waals surface area contributed by atoms with Crippen LogP contribution in [0.3, 0.4) is 0 Å². The second kappa shape index (κ2) is 6.15. The van der Waals surface area contributed by atoms with Crippen LogP contribution in [0.15, 0.2) is 51.8 Å². The quantitative estimate of drug-likeness (QED) is 0.845. The van der Waals surface area contributed by atoms with Crippen molar-refractivity contribution in [2.45, 2.75) is 4.90 Å². The molecule has 0 fully saturated rings. The van der Waals surface area contributed by atoms with Crippen LogP contribution in [0, 0.1) is 0 Å². The van der Waals surface area contributed by atoms with Crippen LogP contribution >= 0.6 is 27.5 Å². The summed E-state index contributed by atoms with van der Waals surface area (Å²) >= 11 is 9.22. The van der Waals surface area contributed by atoms with Crippen LogP contribution in [0.5, 0.6) is 0 Å². The Labute approximate surface area is 135 Å². The maximum Gasteiger partial charge on any atom is 0.256 e. The van der Waals surface area contributed by atoms with Crippen molar-refractivity contribution in [3.63, 3.8) is 0 Å². The van der Waals surface area contributed by atoms with Crippen molar-refractivity contribution in [1.82, 2.24) is 0 Å². The summed E-state index contributed by atoms with van der Waals surface area (Å²) < 4.78 is 23.3. The van der Waals surface area contributed by atoms with Gasteiger partial charge in [0, 0.05) is 4.47 Å². The summed E-state index contributed by atoms with van der Waals surface area (Å²) in [4.78, 5) is 12.0. The Morgan fingerprint density at radius 1 is 1.19 bits per heavy atom. The number of nitrogens with one attached hydrogen (secondary N) is 1. The van der Waals surface area contributed by atoms with Crippen LogP contribution in [-0.4, -0.2) is 14.3 Å². The van der Waals surface area contributed by atoms with Gasteiger partial charge in [0.25, 0.3) is 5.91 Å². The fraction of sp³-hybridized carbons (Fsp3) is 0. The number of benzene rings is 2. The Morgan fingerprint density at radius 2 is 1.86 bits per heavy atom. The lowest BCUT2D eigenvalue weighted by Crippen LogP contribution is -2.15. The molecule has 0 atom stereocenters. The van der Waals surface area contributed by atoms with Gasteiger partial charge in [-0.1, -0.05) is 23.7 Å². The highest BCUT2D eigenvalue weighted by Gasteiger charge is 2.14. The Balaban J connectivity index is 2.36. The average Bonchev–Trinajstić information content (AvgIpc) is 2.40. The fourth-order valence-electron chi connectivity index (χ4n) is 1.61. The van der Waals surface area contributed by atoms with Gasteiger partial charge in [-0.05, 0) is 46.3 Å². The van der Waals surface area contributed by atoms with E-state index in [0.717, 1.165) is 0 Å². The molecule has 0 saturated carbocycles. The minimum absolute atomic E-state index is 0.130. The first-order valence-corrected chi connectivity index (χ1v) is 8.39. The predicted octanol–water partition coefficient (Wildman–Crippen LogP) is 3.00. The summed E-state index contributed by atoms with van der Waals surface area (Å²) in [6.45, 7) is 0. The molecule has 110 valence electrons. The summed E-state index contributed by atoms with van der Waals surface area (Å²) in [6.07, 6.45) is 0. The van der Waals surface area contributed by atoms with Gasteiger partial charge >= 0.3 is 0 Å². The fourth-order valence-corrected chi connectivity index (χ4v) is 2.78. The predicted molar refractivity (Wildman–Crippen MR) is 84.9 cm³/mol. The van der Waals surface area contributed by atoms with E-state index in [1.165, 1.54) is 18.2 Å². The Bertz CT molecular complexity index is 809. The highest BCUT2D eigenvalue weighted by molar-refractivity contribution is 9.10. The highest BCUT2D eigenvalue weighted by Crippen LogP contribution is 2.26. The summed E-state index contributed by atoms with van der Waals surface area (Å²) in [5, 5.41) is 7.82. The Hall–Kier alpha value is -1.41. The van der Waals surface area contributed by atoms with Gasteiger partial charge in [0.15, 0.2) is 0 Å². The van der Waals surface area contributed by atoms with Crippen molar-refractivity contribution in [2.75, 3.05) is 5.32 Å². The van der Waals surface area contributed by atoms with Crippen molar-refractivity contribution in [1.29, 1.82) is 0 Å². The summed E-state index contributed by atoms with van der Waals surface area (Å²) in [5.41, 5.74) is 0.568. The van der Waals surface area contributed by atoms with E-state index in [1.54, 1.807) is 24.3 Å². The number of hydrogen-bond acceptors (Lipinski definition) is 3. The lowest BCUT2D eigenvalue weighted by molar-refractivity contribution is 0.102. The average molecular weight is 390 g/mol. The molecule has 0 aliphatic carbocycles. The van der Waals surface area contributed by atoms with Crippen LogP contribution in [0.25, 0.3) is 0 Å². The zero-order valence-corrected chi connectivity index (χ0v) is 13.7. The number of halogens is 2. The van der Waals surface area contributed by atoms with Crippen LogP contribution < -0.4 is 10.5 Å².